The molecule has 0 bridgehead atoms. The van der Waals surface area contributed by atoms with Gasteiger partial charge in [0.15, 0.2) is 0 Å². The second-order valence-corrected chi connectivity index (χ2v) is 9.59. The van der Waals surface area contributed by atoms with Crippen molar-refractivity contribution in [3.05, 3.63) is 59.4 Å². The Morgan fingerprint density at radius 3 is 2.57 bits per heavy atom. The molecule has 0 saturated carbocycles. The molecular formula is C22H28FN3O3S. The first-order valence-corrected chi connectivity index (χ1v) is 11.6. The zero-order valence-corrected chi connectivity index (χ0v) is 18.1. The van der Waals surface area contributed by atoms with E-state index >= 15 is 0 Å². The Balaban J connectivity index is 1.65. The van der Waals surface area contributed by atoms with Gasteiger partial charge in [-0.1, -0.05) is 24.6 Å². The summed E-state index contributed by atoms with van der Waals surface area (Å²) in [5.74, 6) is -0.623. The monoisotopic (exact) mass is 433 g/mol. The maximum Gasteiger partial charge on any atom is 0.243 e. The number of amides is 1. The molecule has 1 unspecified atom stereocenters. The molecule has 8 heteroatoms. The minimum absolute atomic E-state index is 0.0141. The lowest BCUT2D eigenvalue weighted by atomic mass is 10.1. The van der Waals surface area contributed by atoms with E-state index in [9.17, 15) is 17.6 Å². The van der Waals surface area contributed by atoms with Crippen LogP contribution >= 0.6 is 0 Å². The van der Waals surface area contributed by atoms with Crippen molar-refractivity contribution >= 4 is 21.6 Å². The number of anilines is 1. The molecule has 1 atom stereocenters. The second kappa shape index (κ2) is 9.68. The van der Waals surface area contributed by atoms with E-state index in [0.717, 1.165) is 30.4 Å². The summed E-state index contributed by atoms with van der Waals surface area (Å²) in [5.41, 5.74) is 1.99. The number of nitrogens with zero attached hydrogens (tertiary/aromatic N) is 1. The standard InChI is InChI=1S/C22H28FN3O3S/c1-16-9-10-20(30(28,29)26-11-4-3-5-12-26)14-21(16)25-22(27)15-24-17(2)18-7-6-8-19(23)13-18/h6-10,13-14,17,24H,3-5,11-12,15H2,1-2H3,(H,25,27). The molecule has 2 N–H and O–H groups in total. The van der Waals surface area contributed by atoms with Gasteiger partial charge in [0.25, 0.3) is 0 Å². The van der Waals surface area contributed by atoms with E-state index in [1.807, 2.05) is 13.8 Å². The number of nitrogens with one attached hydrogen (secondary N) is 2. The summed E-state index contributed by atoms with van der Waals surface area (Å²) in [6.45, 7) is 4.73. The number of hydrogen-bond acceptors (Lipinski definition) is 4. The first-order valence-electron chi connectivity index (χ1n) is 10.2. The molecule has 30 heavy (non-hydrogen) atoms. The Bertz CT molecular complexity index is 1000. The van der Waals surface area contributed by atoms with E-state index in [-0.39, 0.29) is 29.2 Å². The Hall–Kier alpha value is -2.29. The van der Waals surface area contributed by atoms with Crippen LogP contribution in [0.1, 0.15) is 43.4 Å². The van der Waals surface area contributed by atoms with Gasteiger partial charge in [-0.25, -0.2) is 12.8 Å². The summed E-state index contributed by atoms with van der Waals surface area (Å²) in [5, 5.41) is 5.84. The molecule has 162 valence electrons. The quantitative estimate of drug-likeness (QED) is 0.699. The highest BCUT2D eigenvalue weighted by atomic mass is 32.2. The summed E-state index contributed by atoms with van der Waals surface area (Å²) in [7, 11) is -3.57. The normalized spacial score (nSPS) is 16.2. The first kappa shape index (κ1) is 22.4. The lowest BCUT2D eigenvalue weighted by Gasteiger charge is -2.26. The van der Waals surface area contributed by atoms with E-state index in [1.54, 1.807) is 24.3 Å². The zero-order valence-electron chi connectivity index (χ0n) is 17.3. The molecule has 0 aliphatic carbocycles. The number of benzene rings is 2. The predicted molar refractivity (Wildman–Crippen MR) is 115 cm³/mol. The highest BCUT2D eigenvalue weighted by Gasteiger charge is 2.26. The number of carbonyl (C=O) groups is 1. The molecular weight excluding hydrogens is 405 g/mol. The van der Waals surface area contributed by atoms with E-state index in [4.69, 9.17) is 0 Å². The maximum absolute atomic E-state index is 13.4. The fraction of sp³-hybridized carbons (Fsp3) is 0.409. The van der Waals surface area contributed by atoms with Gasteiger partial charge in [-0.15, -0.1) is 0 Å². The van der Waals surface area contributed by atoms with Crippen LogP contribution in [0.4, 0.5) is 10.1 Å². The lowest BCUT2D eigenvalue weighted by molar-refractivity contribution is -0.115. The van der Waals surface area contributed by atoms with Crippen LogP contribution in [0, 0.1) is 12.7 Å². The molecule has 1 fully saturated rings. The van der Waals surface area contributed by atoms with Crippen molar-refractivity contribution in [3.8, 4) is 0 Å². The molecule has 1 aliphatic heterocycles. The van der Waals surface area contributed by atoms with Gasteiger partial charge in [0.2, 0.25) is 15.9 Å². The van der Waals surface area contributed by atoms with Gasteiger partial charge in [-0.2, -0.15) is 4.31 Å². The van der Waals surface area contributed by atoms with Crippen molar-refractivity contribution in [2.24, 2.45) is 0 Å². The Labute approximate surface area is 177 Å². The van der Waals surface area contributed by atoms with Crippen LogP contribution in [0.5, 0.6) is 0 Å². The zero-order chi connectivity index (χ0) is 21.7. The minimum Gasteiger partial charge on any atom is -0.325 e. The fourth-order valence-electron chi connectivity index (χ4n) is 3.48. The molecule has 1 aliphatic rings. The molecule has 0 aromatic heterocycles. The van der Waals surface area contributed by atoms with Gasteiger partial charge in [-0.3, -0.25) is 4.79 Å². The van der Waals surface area contributed by atoms with Crippen LogP contribution in [-0.4, -0.2) is 38.3 Å². The summed E-state index contributed by atoms with van der Waals surface area (Å²) in [4.78, 5) is 12.6. The Morgan fingerprint density at radius 2 is 1.87 bits per heavy atom. The number of carbonyl (C=O) groups excluding carboxylic acids is 1. The number of rotatable bonds is 7. The van der Waals surface area contributed by atoms with E-state index in [0.29, 0.717) is 18.8 Å². The molecule has 2 aromatic carbocycles. The number of aryl methyl sites for hydroxylation is 1. The van der Waals surface area contributed by atoms with Crippen molar-refractivity contribution < 1.29 is 17.6 Å². The van der Waals surface area contributed by atoms with Crippen LogP contribution < -0.4 is 10.6 Å². The van der Waals surface area contributed by atoms with Gasteiger partial charge in [-0.05, 0) is 62.1 Å². The lowest BCUT2D eigenvalue weighted by Crippen LogP contribution is -2.35. The van der Waals surface area contributed by atoms with Gasteiger partial charge in [0.05, 0.1) is 11.4 Å². The van der Waals surface area contributed by atoms with E-state index < -0.39 is 10.0 Å². The third kappa shape index (κ3) is 5.44. The van der Waals surface area contributed by atoms with Crippen molar-refractivity contribution in [2.75, 3.05) is 25.0 Å². The number of sulfonamides is 1. The smallest absolute Gasteiger partial charge is 0.243 e. The molecule has 1 saturated heterocycles. The number of hydrogen-bond donors (Lipinski definition) is 2. The second-order valence-electron chi connectivity index (χ2n) is 7.65. The first-order chi connectivity index (χ1) is 14.3. The van der Waals surface area contributed by atoms with Crippen LogP contribution in [0.25, 0.3) is 0 Å². The highest BCUT2D eigenvalue weighted by Crippen LogP contribution is 2.25. The SMILES string of the molecule is Cc1ccc(S(=O)(=O)N2CCCCC2)cc1NC(=O)CNC(C)c1cccc(F)c1. The topological polar surface area (TPSA) is 78.5 Å². The van der Waals surface area contributed by atoms with Gasteiger partial charge < -0.3 is 10.6 Å². The number of halogens is 1. The molecule has 0 spiro atoms. The summed E-state index contributed by atoms with van der Waals surface area (Å²) < 4.78 is 40.7. The number of piperidine rings is 1. The Kier molecular flexibility index (Phi) is 7.23. The van der Waals surface area contributed by atoms with Crippen molar-refractivity contribution in [2.45, 2.75) is 44.0 Å². The van der Waals surface area contributed by atoms with Gasteiger partial charge in [0, 0.05) is 24.8 Å². The predicted octanol–water partition coefficient (Wildman–Crippen LogP) is 3.60. The van der Waals surface area contributed by atoms with Crippen LogP contribution in [0.2, 0.25) is 0 Å². The summed E-state index contributed by atoms with van der Waals surface area (Å²) in [6.07, 6.45) is 2.77. The van der Waals surface area contributed by atoms with Crippen LogP contribution in [0.3, 0.4) is 0 Å². The maximum atomic E-state index is 13.4. The molecule has 1 amide bonds. The largest absolute Gasteiger partial charge is 0.325 e. The van der Waals surface area contributed by atoms with E-state index in [2.05, 4.69) is 10.6 Å². The highest BCUT2D eigenvalue weighted by molar-refractivity contribution is 7.89. The van der Waals surface area contributed by atoms with Crippen molar-refractivity contribution in [1.82, 2.24) is 9.62 Å². The third-order valence-electron chi connectivity index (χ3n) is 5.35. The van der Waals surface area contributed by atoms with Crippen molar-refractivity contribution in [1.29, 1.82) is 0 Å². The average molecular weight is 434 g/mol. The summed E-state index contributed by atoms with van der Waals surface area (Å²) >= 11 is 0. The Morgan fingerprint density at radius 1 is 1.13 bits per heavy atom. The third-order valence-corrected chi connectivity index (χ3v) is 7.25. The van der Waals surface area contributed by atoms with Gasteiger partial charge >= 0.3 is 0 Å². The van der Waals surface area contributed by atoms with Crippen LogP contribution in [0.15, 0.2) is 47.4 Å². The minimum atomic E-state index is -3.57. The van der Waals surface area contributed by atoms with Crippen LogP contribution in [-0.2, 0) is 14.8 Å². The van der Waals surface area contributed by atoms with Gasteiger partial charge in [0.1, 0.15) is 5.82 Å². The molecule has 3 rings (SSSR count). The van der Waals surface area contributed by atoms with Crippen molar-refractivity contribution in [3.63, 3.8) is 0 Å². The fourth-order valence-corrected chi connectivity index (χ4v) is 5.03. The average Bonchev–Trinajstić information content (AvgIpc) is 2.74. The summed E-state index contributed by atoms with van der Waals surface area (Å²) in [6, 6.07) is 10.8. The molecule has 6 nitrogen and oxygen atoms in total. The molecule has 1 heterocycles. The molecule has 2 aromatic rings. The van der Waals surface area contributed by atoms with E-state index in [1.165, 1.54) is 22.5 Å². The molecule has 0 radical (unpaired) electrons.